The molecule has 2 saturated carbocycles. The van der Waals surface area contributed by atoms with E-state index in [-0.39, 0.29) is 61.4 Å². The first-order chi connectivity index (χ1) is 16.5. The van der Waals surface area contributed by atoms with Crippen LogP contribution < -0.4 is 0 Å². The molecule has 0 spiro atoms. The van der Waals surface area contributed by atoms with Crippen molar-refractivity contribution in [1.82, 2.24) is 0 Å². The van der Waals surface area contributed by atoms with Gasteiger partial charge in [-0.1, -0.05) is 83.9 Å². The van der Waals surface area contributed by atoms with Gasteiger partial charge in [0.05, 0.1) is 0 Å². The second-order valence-electron chi connectivity index (χ2n) is 15.5. The summed E-state index contributed by atoms with van der Waals surface area (Å²) in [4.78, 5) is 0. The molecule has 4 aliphatic rings. The van der Waals surface area contributed by atoms with E-state index in [1.54, 1.807) is 11.1 Å². The number of fused-ring (bicyclic) bond motifs is 4. The second-order valence-corrected chi connectivity index (χ2v) is 15.5. The molecule has 6 nitrogen and oxygen atoms in total. The van der Waals surface area contributed by atoms with Gasteiger partial charge in [0.1, 0.15) is 0 Å². The monoisotopic (exact) mass is 599 g/mol. The van der Waals surface area contributed by atoms with Crippen LogP contribution in [0.5, 0.6) is 0 Å². The summed E-state index contributed by atoms with van der Waals surface area (Å²) < 4.78 is 0. The predicted molar refractivity (Wildman–Crippen MR) is 183 cm³/mol. The first kappa shape index (κ1) is 44.9. The van der Waals surface area contributed by atoms with Crippen molar-refractivity contribution in [1.29, 1.82) is 0 Å². The molecular weight excluding hydrogens is 528 g/mol. The first-order valence-corrected chi connectivity index (χ1v) is 14.9. The van der Waals surface area contributed by atoms with E-state index < -0.39 is 0 Å². The van der Waals surface area contributed by atoms with Crippen LogP contribution in [0.15, 0.2) is 59.8 Å². The Bertz CT molecular complexity index is 1060. The third kappa shape index (κ3) is 5.80. The Kier molecular flexibility index (Phi) is 15.0. The normalized spacial score (nSPS) is 36.4. The molecule has 0 bridgehead atoms. The van der Waals surface area contributed by atoms with Crippen LogP contribution in [-0.4, -0.2) is 32.9 Å². The van der Waals surface area contributed by atoms with Crippen molar-refractivity contribution in [3.05, 3.63) is 59.8 Å². The van der Waals surface area contributed by atoms with Crippen LogP contribution in [0, 0.1) is 44.8 Å². The Morgan fingerprint density at radius 2 is 1.24 bits per heavy atom. The van der Waals surface area contributed by atoms with Crippen molar-refractivity contribution >= 4 is 0 Å². The molecule has 6 heteroatoms. The summed E-state index contributed by atoms with van der Waals surface area (Å²) in [5.41, 5.74) is 9.81. The quantitative estimate of drug-likeness (QED) is 0.309. The zero-order chi connectivity index (χ0) is 27.1. The highest BCUT2D eigenvalue weighted by Crippen LogP contribution is 2.77. The molecule has 0 amide bonds. The van der Waals surface area contributed by atoms with Gasteiger partial charge < -0.3 is 32.9 Å². The van der Waals surface area contributed by atoms with Crippen LogP contribution in [0.1, 0.15) is 122 Å². The maximum Gasteiger partial charge on any atom is 0 e. The molecule has 0 aromatic rings. The zero-order valence-corrected chi connectivity index (χ0v) is 28.4. The van der Waals surface area contributed by atoms with E-state index in [1.807, 2.05) is 0 Å². The van der Waals surface area contributed by atoms with Crippen LogP contribution in [0.25, 0.3) is 0 Å². The van der Waals surface area contributed by atoms with E-state index in [0.717, 1.165) is 37.5 Å². The maximum absolute atomic E-state index is 4.89. The van der Waals surface area contributed by atoms with Crippen molar-refractivity contribution in [2.75, 3.05) is 0 Å². The van der Waals surface area contributed by atoms with Crippen LogP contribution in [-0.2, 0) is 0 Å². The van der Waals surface area contributed by atoms with E-state index in [1.165, 1.54) is 54.4 Å². The van der Waals surface area contributed by atoms with Gasteiger partial charge in [-0.25, -0.2) is 0 Å². The van der Waals surface area contributed by atoms with Crippen molar-refractivity contribution in [2.45, 2.75) is 120 Å². The molecule has 4 rings (SSSR count). The van der Waals surface area contributed by atoms with Gasteiger partial charge in [0.25, 0.3) is 0 Å². The van der Waals surface area contributed by atoms with Crippen molar-refractivity contribution in [3.63, 3.8) is 0 Å². The average Bonchev–Trinajstić information content (AvgIpc) is 3.02. The standard InChI is InChI=1S/C36H56.6H2O.H2/c1-23(2)14-15-25(5)29-17-19-33(10)30-27(7)22-36(13)32(8,9)28(20-24(3)4)16-18-34(36,11)31(30)26(6)21-35(29,33)12;;;;;;;/h25,28-29H,1,3,6-7,14-22H2,2,4-5,8-13H3;6*1H2;1H/t25?,28?,29?,33-,34+,35+,36-;;;;;;;/m0......./s1. The lowest BCUT2D eigenvalue weighted by molar-refractivity contribution is -0.115. The largest absolute Gasteiger partial charge is 0.412 e. The lowest BCUT2D eigenvalue weighted by Crippen LogP contribution is -2.60. The number of hydrogen-bond acceptors (Lipinski definition) is 0. The maximum atomic E-state index is 4.89. The Labute approximate surface area is 258 Å². The third-order valence-corrected chi connectivity index (χ3v) is 13.2. The molecule has 4 aliphatic carbocycles. The van der Waals surface area contributed by atoms with E-state index in [4.69, 9.17) is 13.2 Å². The minimum Gasteiger partial charge on any atom is -0.412 e. The van der Waals surface area contributed by atoms with E-state index in [0.29, 0.717) is 5.92 Å². The Morgan fingerprint density at radius 1 is 0.762 bits per heavy atom. The van der Waals surface area contributed by atoms with Gasteiger partial charge in [0.15, 0.2) is 0 Å². The topological polar surface area (TPSA) is 189 Å². The zero-order valence-electron chi connectivity index (χ0n) is 28.4. The SMILES string of the molecule is C=C(C)CCC(C)C1CC[C@@]2(C)C3=C(C(=C)C[C@]12C)[C@@]1(C)CCC(CC(=C)C)C(C)(C)[C@]1(C)CC3=C.O.O.O.O.O.O.[HH]. The molecular formula is C36H70O6. The van der Waals surface area contributed by atoms with Gasteiger partial charge >= 0.3 is 0 Å². The molecule has 0 radical (unpaired) electrons. The lowest BCUT2D eigenvalue weighted by Gasteiger charge is -2.68. The predicted octanol–water partition coefficient (Wildman–Crippen LogP) is 6.33. The highest BCUT2D eigenvalue weighted by molar-refractivity contribution is 5.59. The van der Waals surface area contributed by atoms with Crippen LogP contribution in [0.3, 0.4) is 0 Å². The first-order valence-electron chi connectivity index (χ1n) is 14.9. The minimum absolute atomic E-state index is 0. The average molecular weight is 599 g/mol. The molecule has 2 fully saturated rings. The van der Waals surface area contributed by atoms with Crippen molar-refractivity contribution in [2.24, 2.45) is 44.8 Å². The molecule has 12 N–H and O–H groups in total. The smallest absolute Gasteiger partial charge is 0 e. The lowest BCUT2D eigenvalue weighted by atomic mass is 9.35. The Hall–Kier alpha value is -1.54. The molecule has 0 saturated heterocycles. The third-order valence-electron chi connectivity index (χ3n) is 13.2. The highest BCUT2D eigenvalue weighted by Gasteiger charge is 2.68. The minimum atomic E-state index is 0. The number of allylic oxidation sites excluding steroid dienone is 6. The van der Waals surface area contributed by atoms with Gasteiger partial charge in [-0.15, -0.1) is 13.2 Å². The van der Waals surface area contributed by atoms with Gasteiger partial charge in [0, 0.05) is 1.43 Å². The summed E-state index contributed by atoms with van der Waals surface area (Å²) >= 11 is 0. The second kappa shape index (κ2) is 14.0. The molecule has 42 heavy (non-hydrogen) atoms. The summed E-state index contributed by atoms with van der Waals surface area (Å²) in [6.45, 7) is 40.8. The van der Waals surface area contributed by atoms with Crippen LogP contribution in [0.4, 0.5) is 0 Å². The molecule has 0 aliphatic heterocycles. The van der Waals surface area contributed by atoms with Gasteiger partial charge in [-0.2, -0.15) is 0 Å². The summed E-state index contributed by atoms with van der Waals surface area (Å²) in [6.07, 6.45) is 11.0. The van der Waals surface area contributed by atoms with Crippen LogP contribution in [0.2, 0.25) is 0 Å². The Morgan fingerprint density at radius 3 is 1.74 bits per heavy atom. The molecule has 7 atom stereocenters. The summed E-state index contributed by atoms with van der Waals surface area (Å²) in [7, 11) is 0. The van der Waals surface area contributed by atoms with E-state index in [2.05, 4.69) is 75.5 Å². The van der Waals surface area contributed by atoms with Crippen LogP contribution >= 0.6 is 0 Å². The van der Waals surface area contributed by atoms with Crippen molar-refractivity contribution in [3.8, 4) is 0 Å². The fourth-order valence-corrected chi connectivity index (χ4v) is 10.4. The molecule has 0 heterocycles. The van der Waals surface area contributed by atoms with Gasteiger partial charge in [-0.05, 0) is 128 Å². The van der Waals surface area contributed by atoms with Crippen molar-refractivity contribution < 1.29 is 34.3 Å². The van der Waals surface area contributed by atoms with Gasteiger partial charge in [-0.3, -0.25) is 0 Å². The molecule has 0 aromatic carbocycles. The molecule has 250 valence electrons. The summed E-state index contributed by atoms with van der Waals surface area (Å²) in [6, 6.07) is 0. The van der Waals surface area contributed by atoms with E-state index in [9.17, 15) is 0 Å². The highest BCUT2D eigenvalue weighted by atomic mass is 16.0. The number of rotatable bonds is 6. The summed E-state index contributed by atoms with van der Waals surface area (Å²) in [5.74, 6) is 2.15. The molecule has 0 aromatic heterocycles. The summed E-state index contributed by atoms with van der Waals surface area (Å²) in [5, 5.41) is 0. The fourth-order valence-electron chi connectivity index (χ4n) is 10.4. The fraction of sp³-hybridized carbons (Fsp3) is 0.722. The number of hydrogen-bond donors (Lipinski definition) is 0. The van der Waals surface area contributed by atoms with E-state index >= 15 is 0 Å². The van der Waals surface area contributed by atoms with Gasteiger partial charge in [0.2, 0.25) is 0 Å². The Balaban J connectivity index is -0.00000109. The molecule has 3 unspecified atom stereocenters.